The van der Waals surface area contributed by atoms with Gasteiger partial charge in [0.15, 0.2) is 0 Å². The van der Waals surface area contributed by atoms with E-state index in [9.17, 15) is 14.3 Å². The fraction of sp³-hybridized carbons (Fsp3) is 0.375. The van der Waals surface area contributed by atoms with Crippen molar-refractivity contribution in [2.75, 3.05) is 12.3 Å². The van der Waals surface area contributed by atoms with E-state index in [1.54, 1.807) is 12.2 Å². The third-order valence-corrected chi connectivity index (χ3v) is 4.82. The fourth-order valence-corrected chi connectivity index (χ4v) is 3.47. The number of rotatable bonds is 10. The predicted octanol–water partition coefficient (Wildman–Crippen LogP) is 3.46. The van der Waals surface area contributed by atoms with Crippen molar-refractivity contribution in [2.45, 2.75) is 17.7 Å². The highest BCUT2D eigenvalue weighted by Crippen LogP contribution is 2.23. The number of nitro groups is 1. The molecule has 0 spiro atoms. The van der Waals surface area contributed by atoms with Crippen molar-refractivity contribution in [3.8, 4) is 0 Å². The number of hydrogen-bond donors (Lipinski definition) is 0. The second kappa shape index (κ2) is 9.23. The lowest BCUT2D eigenvalue weighted by molar-refractivity contribution is -0.489. The van der Waals surface area contributed by atoms with Crippen LogP contribution in [0.3, 0.4) is 0 Å². The van der Waals surface area contributed by atoms with Gasteiger partial charge in [-0.3, -0.25) is 14.3 Å². The van der Waals surface area contributed by atoms with Gasteiger partial charge in [0.1, 0.15) is 0 Å². The van der Waals surface area contributed by atoms with E-state index in [0.717, 1.165) is 4.90 Å². The minimum absolute atomic E-state index is 0.000623. The number of hydrogen-bond acceptors (Lipinski definition) is 3. The zero-order valence-electron chi connectivity index (χ0n) is 12.0. The molecule has 0 N–H and O–H groups in total. The van der Waals surface area contributed by atoms with Crippen LogP contribution >= 0.6 is 0 Å². The Morgan fingerprint density at radius 3 is 2.48 bits per heavy atom. The van der Waals surface area contributed by atoms with E-state index < -0.39 is 10.8 Å². The lowest BCUT2D eigenvalue weighted by Gasteiger charge is -2.19. The van der Waals surface area contributed by atoms with Gasteiger partial charge in [-0.15, -0.1) is 13.2 Å². The fourth-order valence-electron chi connectivity index (χ4n) is 2.25. The number of allylic oxidation sites excluding steroid dienone is 2. The monoisotopic (exact) mass is 307 g/mol. The molecule has 114 valence electrons. The van der Waals surface area contributed by atoms with Crippen molar-refractivity contribution < 1.29 is 9.13 Å². The molecule has 0 heterocycles. The molecule has 0 aliphatic rings. The standard InChI is InChI=1S/C16H21NO3S/c1-3-8-14(4-2)15(13-17(18)19)11-12-21(20)16-9-6-5-7-10-16/h3-7,9-10,14-15H,1-2,8,11-13H2/t14-,15-,21?/m1/s1. The Morgan fingerprint density at radius 2 is 1.95 bits per heavy atom. The van der Waals surface area contributed by atoms with E-state index in [4.69, 9.17) is 0 Å². The Hall–Kier alpha value is -1.75. The molecule has 0 saturated heterocycles. The summed E-state index contributed by atoms with van der Waals surface area (Å²) in [6, 6.07) is 9.17. The number of nitrogens with zero attached hydrogens (tertiary/aromatic N) is 1. The highest BCUT2D eigenvalue weighted by molar-refractivity contribution is 7.85. The van der Waals surface area contributed by atoms with E-state index in [0.29, 0.717) is 18.6 Å². The van der Waals surface area contributed by atoms with Crippen molar-refractivity contribution in [3.63, 3.8) is 0 Å². The maximum Gasteiger partial charge on any atom is 0.207 e. The van der Waals surface area contributed by atoms with Crippen LogP contribution in [-0.4, -0.2) is 21.4 Å². The summed E-state index contributed by atoms with van der Waals surface area (Å²) in [4.78, 5) is 11.3. The third-order valence-electron chi connectivity index (χ3n) is 3.41. The largest absolute Gasteiger partial charge is 0.265 e. The van der Waals surface area contributed by atoms with Gasteiger partial charge in [-0.2, -0.15) is 0 Å². The zero-order chi connectivity index (χ0) is 15.7. The van der Waals surface area contributed by atoms with Crippen LogP contribution in [0.15, 0.2) is 60.5 Å². The minimum Gasteiger partial charge on any atom is -0.265 e. The summed E-state index contributed by atoms with van der Waals surface area (Å²) in [5.74, 6) is 0.258. The van der Waals surface area contributed by atoms with Crippen molar-refractivity contribution in [2.24, 2.45) is 11.8 Å². The van der Waals surface area contributed by atoms with E-state index in [1.165, 1.54) is 0 Å². The first-order chi connectivity index (χ1) is 10.1. The molecule has 1 aromatic carbocycles. The first kappa shape index (κ1) is 17.3. The SMILES string of the molecule is C=CC[C@@H](C=C)[C@H](CCS(=O)c1ccccc1)C[N+](=O)[O-]. The van der Waals surface area contributed by atoms with Crippen molar-refractivity contribution in [3.05, 3.63) is 65.8 Å². The quantitative estimate of drug-likeness (QED) is 0.378. The highest BCUT2D eigenvalue weighted by Gasteiger charge is 2.23. The van der Waals surface area contributed by atoms with Crippen molar-refractivity contribution >= 4 is 10.8 Å². The molecule has 4 nitrogen and oxygen atoms in total. The zero-order valence-corrected chi connectivity index (χ0v) is 12.8. The molecule has 1 aromatic rings. The van der Waals surface area contributed by atoms with Crippen LogP contribution in [0, 0.1) is 22.0 Å². The Labute approximate surface area is 128 Å². The van der Waals surface area contributed by atoms with Gasteiger partial charge in [-0.05, 0) is 30.9 Å². The van der Waals surface area contributed by atoms with Crippen molar-refractivity contribution in [1.82, 2.24) is 0 Å². The molecule has 0 radical (unpaired) electrons. The van der Waals surface area contributed by atoms with Gasteiger partial charge in [0.2, 0.25) is 6.54 Å². The molecule has 1 unspecified atom stereocenters. The van der Waals surface area contributed by atoms with Gasteiger partial charge in [0.25, 0.3) is 0 Å². The summed E-state index contributed by atoms with van der Waals surface area (Å²) in [5.41, 5.74) is 0. The Bertz CT molecular complexity index is 502. The molecule has 1 rings (SSSR count). The molecule has 0 fully saturated rings. The van der Waals surface area contributed by atoms with Crippen LogP contribution in [0.4, 0.5) is 0 Å². The lowest BCUT2D eigenvalue weighted by atomic mass is 9.87. The Kier molecular flexibility index (Phi) is 7.61. The Morgan fingerprint density at radius 1 is 1.29 bits per heavy atom. The molecule has 5 heteroatoms. The second-order valence-electron chi connectivity index (χ2n) is 4.85. The third kappa shape index (κ3) is 6.04. The predicted molar refractivity (Wildman–Crippen MR) is 86.2 cm³/mol. The second-order valence-corrected chi connectivity index (χ2v) is 6.42. The summed E-state index contributed by atoms with van der Waals surface area (Å²) in [5, 5.41) is 10.8. The van der Waals surface area contributed by atoms with Crippen LogP contribution in [0.2, 0.25) is 0 Å². The normalized spacial score (nSPS) is 14.9. The summed E-state index contributed by atoms with van der Waals surface area (Å²) in [7, 11) is -1.12. The molecule has 0 aromatic heterocycles. The average Bonchev–Trinajstić information content (AvgIpc) is 2.49. The molecular formula is C16H21NO3S. The highest BCUT2D eigenvalue weighted by atomic mass is 32.2. The summed E-state index contributed by atoms with van der Waals surface area (Å²) >= 11 is 0. The minimum atomic E-state index is -1.12. The molecular weight excluding hydrogens is 286 g/mol. The lowest BCUT2D eigenvalue weighted by Crippen LogP contribution is -2.23. The average molecular weight is 307 g/mol. The van der Waals surface area contributed by atoms with Crippen LogP contribution in [0.25, 0.3) is 0 Å². The molecule has 0 amide bonds. The van der Waals surface area contributed by atoms with Crippen LogP contribution in [0.5, 0.6) is 0 Å². The maximum absolute atomic E-state index is 12.2. The van der Waals surface area contributed by atoms with Gasteiger partial charge in [0, 0.05) is 21.5 Å². The van der Waals surface area contributed by atoms with Gasteiger partial charge in [0.05, 0.1) is 10.8 Å². The van der Waals surface area contributed by atoms with Gasteiger partial charge in [-0.1, -0.05) is 30.4 Å². The first-order valence-electron chi connectivity index (χ1n) is 6.87. The molecule has 0 bridgehead atoms. The van der Waals surface area contributed by atoms with E-state index >= 15 is 0 Å². The van der Waals surface area contributed by atoms with Crippen molar-refractivity contribution in [1.29, 1.82) is 0 Å². The summed E-state index contributed by atoms with van der Waals surface area (Å²) in [6.07, 6.45) is 4.67. The Balaban J connectivity index is 2.68. The van der Waals surface area contributed by atoms with Gasteiger partial charge < -0.3 is 0 Å². The van der Waals surface area contributed by atoms with Gasteiger partial charge in [-0.25, -0.2) is 0 Å². The molecule has 3 atom stereocenters. The van der Waals surface area contributed by atoms with Gasteiger partial charge >= 0.3 is 0 Å². The van der Waals surface area contributed by atoms with E-state index in [-0.39, 0.29) is 23.3 Å². The summed E-state index contributed by atoms with van der Waals surface area (Å²) in [6.45, 7) is 7.29. The molecule has 0 aliphatic carbocycles. The van der Waals surface area contributed by atoms with Crippen LogP contribution in [0.1, 0.15) is 12.8 Å². The summed E-state index contributed by atoms with van der Waals surface area (Å²) < 4.78 is 12.2. The topological polar surface area (TPSA) is 60.2 Å². The van der Waals surface area contributed by atoms with Crippen LogP contribution in [-0.2, 0) is 10.8 Å². The molecule has 0 saturated carbocycles. The first-order valence-corrected chi connectivity index (χ1v) is 8.19. The van der Waals surface area contributed by atoms with E-state index in [1.807, 2.05) is 30.3 Å². The molecule has 21 heavy (non-hydrogen) atoms. The van der Waals surface area contributed by atoms with Crippen LogP contribution < -0.4 is 0 Å². The molecule has 0 aliphatic heterocycles. The number of benzene rings is 1. The smallest absolute Gasteiger partial charge is 0.207 e. The maximum atomic E-state index is 12.2. The van der Waals surface area contributed by atoms with E-state index in [2.05, 4.69) is 13.2 Å².